The lowest BCUT2D eigenvalue weighted by molar-refractivity contribution is -0.0770. The highest BCUT2D eigenvalue weighted by Gasteiger charge is 2.36. The van der Waals surface area contributed by atoms with E-state index in [0.29, 0.717) is 30.8 Å². The molecule has 1 aromatic carbocycles. The van der Waals surface area contributed by atoms with Crippen molar-refractivity contribution in [3.05, 3.63) is 46.7 Å². The lowest BCUT2D eigenvalue weighted by Gasteiger charge is -2.36. The number of nitrogens with one attached hydrogen (secondary N) is 1. The molecule has 1 saturated heterocycles. The molecule has 7 nitrogen and oxygen atoms in total. The maximum absolute atomic E-state index is 13.0. The van der Waals surface area contributed by atoms with Gasteiger partial charge in [-0.3, -0.25) is 0 Å². The predicted octanol–water partition coefficient (Wildman–Crippen LogP) is 3.09. The van der Waals surface area contributed by atoms with Crippen LogP contribution in [-0.4, -0.2) is 40.3 Å². The van der Waals surface area contributed by atoms with Crippen molar-refractivity contribution in [2.24, 2.45) is 5.92 Å². The number of aryl methyl sites for hydroxylation is 2. The van der Waals surface area contributed by atoms with Crippen LogP contribution in [0, 0.1) is 19.8 Å². The Morgan fingerprint density at radius 1 is 1.22 bits per heavy atom. The third-order valence-corrected chi connectivity index (χ3v) is 5.39. The monoisotopic (exact) mass is 370 g/mol. The smallest absolute Gasteiger partial charge is 0.318 e. The van der Waals surface area contributed by atoms with Gasteiger partial charge >= 0.3 is 6.03 Å². The molecule has 1 aromatic heterocycles. The van der Waals surface area contributed by atoms with Crippen LogP contribution in [0.1, 0.15) is 54.5 Å². The Bertz CT molecular complexity index is 850. The number of carbonyl (C=O) groups is 1. The molecule has 144 valence electrons. The number of rotatable bonds is 2. The second-order valence-electron chi connectivity index (χ2n) is 7.81. The Balaban J connectivity index is 1.49. The maximum atomic E-state index is 13.0. The number of benzene rings is 1. The van der Waals surface area contributed by atoms with Gasteiger partial charge in [0.15, 0.2) is 6.10 Å². The topological polar surface area (TPSA) is 80.5 Å². The standard InChI is InChI=1S/C20H26N4O3/c1-11-5-6-15-8-12(2)18(16(15)7-11)21-20(25)24-9-13(3)26-17(10-24)19-23-22-14(4)27-19/h5-7,12-13,17-18H,8-10H2,1-4H3,(H,21,25)/t12-,13+,17+,18+/m1/s1. The highest BCUT2D eigenvalue weighted by molar-refractivity contribution is 5.75. The van der Waals surface area contributed by atoms with Crippen LogP contribution in [0.3, 0.4) is 0 Å². The molecular weight excluding hydrogens is 344 g/mol. The Morgan fingerprint density at radius 3 is 2.78 bits per heavy atom. The van der Waals surface area contributed by atoms with E-state index in [1.807, 2.05) is 6.92 Å². The number of amides is 2. The predicted molar refractivity (Wildman–Crippen MR) is 99.2 cm³/mol. The van der Waals surface area contributed by atoms with Crippen molar-refractivity contribution in [1.29, 1.82) is 0 Å². The van der Waals surface area contributed by atoms with Crippen LogP contribution < -0.4 is 5.32 Å². The number of urea groups is 1. The zero-order chi connectivity index (χ0) is 19.1. The summed E-state index contributed by atoms with van der Waals surface area (Å²) >= 11 is 0. The quantitative estimate of drug-likeness (QED) is 0.879. The second kappa shape index (κ2) is 6.96. The molecule has 0 spiro atoms. The van der Waals surface area contributed by atoms with Crippen LogP contribution in [0.5, 0.6) is 0 Å². The van der Waals surface area contributed by atoms with Crippen molar-refractivity contribution >= 4 is 6.03 Å². The van der Waals surface area contributed by atoms with Gasteiger partial charge in [-0.15, -0.1) is 10.2 Å². The van der Waals surface area contributed by atoms with Crippen molar-refractivity contribution < 1.29 is 13.9 Å². The molecule has 0 bridgehead atoms. The third kappa shape index (κ3) is 3.56. The first-order valence-corrected chi connectivity index (χ1v) is 9.51. The molecule has 2 heterocycles. The van der Waals surface area contributed by atoms with Gasteiger partial charge in [-0.2, -0.15) is 0 Å². The van der Waals surface area contributed by atoms with Crippen molar-refractivity contribution in [2.45, 2.75) is 52.4 Å². The fourth-order valence-electron chi connectivity index (χ4n) is 4.10. The zero-order valence-corrected chi connectivity index (χ0v) is 16.2. The van der Waals surface area contributed by atoms with Crippen LogP contribution >= 0.6 is 0 Å². The summed E-state index contributed by atoms with van der Waals surface area (Å²) in [5.74, 6) is 1.29. The number of nitrogens with zero attached hydrogens (tertiary/aromatic N) is 3. The summed E-state index contributed by atoms with van der Waals surface area (Å²) in [6.45, 7) is 8.91. The Morgan fingerprint density at radius 2 is 2.04 bits per heavy atom. The Labute approximate surface area is 159 Å². The second-order valence-corrected chi connectivity index (χ2v) is 7.81. The highest BCUT2D eigenvalue weighted by Crippen LogP contribution is 2.36. The molecule has 2 aliphatic rings. The molecule has 7 heteroatoms. The molecule has 0 unspecified atom stereocenters. The molecule has 0 saturated carbocycles. The number of carbonyl (C=O) groups excluding carboxylic acids is 1. The molecule has 4 rings (SSSR count). The summed E-state index contributed by atoms with van der Waals surface area (Å²) in [6, 6.07) is 6.47. The van der Waals surface area contributed by atoms with Crippen LogP contribution in [0.25, 0.3) is 0 Å². The van der Waals surface area contributed by atoms with E-state index < -0.39 is 6.10 Å². The molecule has 1 N–H and O–H groups in total. The summed E-state index contributed by atoms with van der Waals surface area (Å²) in [6.07, 6.45) is 0.498. The first-order chi connectivity index (χ1) is 12.9. The van der Waals surface area contributed by atoms with Gasteiger partial charge in [-0.1, -0.05) is 30.7 Å². The minimum Gasteiger partial charge on any atom is -0.423 e. The normalized spacial score (nSPS) is 27.5. The van der Waals surface area contributed by atoms with E-state index in [-0.39, 0.29) is 18.2 Å². The number of ether oxygens (including phenoxy) is 1. The van der Waals surface area contributed by atoms with Crippen molar-refractivity contribution in [3.8, 4) is 0 Å². The average Bonchev–Trinajstić information content (AvgIpc) is 3.18. The number of fused-ring (bicyclic) bond motifs is 1. The van der Waals surface area contributed by atoms with Gasteiger partial charge in [0.2, 0.25) is 11.8 Å². The van der Waals surface area contributed by atoms with E-state index in [1.165, 1.54) is 16.7 Å². The van der Waals surface area contributed by atoms with Crippen LogP contribution in [0.4, 0.5) is 4.79 Å². The zero-order valence-electron chi connectivity index (χ0n) is 16.2. The summed E-state index contributed by atoms with van der Waals surface area (Å²) in [4.78, 5) is 14.8. The Kier molecular flexibility index (Phi) is 4.63. The van der Waals surface area contributed by atoms with Crippen molar-refractivity contribution in [1.82, 2.24) is 20.4 Å². The van der Waals surface area contributed by atoms with Gasteiger partial charge < -0.3 is 19.4 Å². The fourth-order valence-corrected chi connectivity index (χ4v) is 4.10. The van der Waals surface area contributed by atoms with Gasteiger partial charge in [-0.25, -0.2) is 4.79 Å². The molecule has 2 amide bonds. The first-order valence-electron chi connectivity index (χ1n) is 9.51. The van der Waals surface area contributed by atoms with Crippen LogP contribution in [0.2, 0.25) is 0 Å². The van der Waals surface area contributed by atoms with Gasteiger partial charge in [0, 0.05) is 13.5 Å². The molecule has 2 aromatic rings. The van der Waals surface area contributed by atoms with Crippen LogP contribution in [-0.2, 0) is 11.2 Å². The maximum Gasteiger partial charge on any atom is 0.318 e. The lowest BCUT2D eigenvalue weighted by Crippen LogP contribution is -2.50. The lowest BCUT2D eigenvalue weighted by atomic mass is 10.0. The summed E-state index contributed by atoms with van der Waals surface area (Å²) in [5, 5.41) is 11.2. The average molecular weight is 370 g/mol. The largest absolute Gasteiger partial charge is 0.423 e. The molecule has 1 fully saturated rings. The summed E-state index contributed by atoms with van der Waals surface area (Å²) in [5.41, 5.74) is 3.78. The van der Waals surface area contributed by atoms with Gasteiger partial charge in [-0.05, 0) is 37.3 Å². The number of hydrogen-bond acceptors (Lipinski definition) is 5. The van der Waals surface area contributed by atoms with E-state index in [9.17, 15) is 4.79 Å². The van der Waals surface area contributed by atoms with E-state index in [4.69, 9.17) is 9.15 Å². The third-order valence-electron chi connectivity index (χ3n) is 5.39. The molecule has 1 aliphatic carbocycles. The fraction of sp³-hybridized carbons (Fsp3) is 0.550. The van der Waals surface area contributed by atoms with E-state index in [1.54, 1.807) is 11.8 Å². The summed E-state index contributed by atoms with van der Waals surface area (Å²) < 4.78 is 11.4. The molecule has 1 aliphatic heterocycles. The minimum atomic E-state index is -0.392. The van der Waals surface area contributed by atoms with Gasteiger partial charge in [0.1, 0.15) is 0 Å². The molecule has 27 heavy (non-hydrogen) atoms. The van der Waals surface area contributed by atoms with E-state index in [0.717, 1.165) is 6.42 Å². The van der Waals surface area contributed by atoms with E-state index in [2.05, 4.69) is 47.6 Å². The van der Waals surface area contributed by atoms with Crippen LogP contribution in [0.15, 0.2) is 22.6 Å². The van der Waals surface area contributed by atoms with Crippen molar-refractivity contribution in [3.63, 3.8) is 0 Å². The highest BCUT2D eigenvalue weighted by atomic mass is 16.5. The Hall–Kier alpha value is -2.41. The number of morpholine rings is 1. The molecular formula is C20H26N4O3. The SMILES string of the molecule is Cc1ccc2c(c1)[C@@H](NC(=O)N1C[C@@H](c3nnc(C)o3)O[C@@H](C)C1)[C@H](C)C2. The number of aromatic nitrogens is 2. The molecule has 0 radical (unpaired) electrons. The van der Waals surface area contributed by atoms with Gasteiger partial charge in [0.25, 0.3) is 0 Å². The van der Waals surface area contributed by atoms with Gasteiger partial charge in [0.05, 0.1) is 18.7 Å². The van der Waals surface area contributed by atoms with E-state index >= 15 is 0 Å². The summed E-state index contributed by atoms with van der Waals surface area (Å²) in [7, 11) is 0. The first kappa shape index (κ1) is 18.0. The number of hydrogen-bond donors (Lipinski definition) is 1. The molecule has 4 atom stereocenters. The van der Waals surface area contributed by atoms with Crippen molar-refractivity contribution in [2.75, 3.05) is 13.1 Å². The minimum absolute atomic E-state index is 0.0367.